The monoisotopic (exact) mass is 289 g/mol. The quantitative estimate of drug-likeness (QED) is 0.794. The molecular formula is C15H19N3O3. The summed E-state index contributed by atoms with van der Waals surface area (Å²) in [6.07, 6.45) is 0.281. The van der Waals surface area contributed by atoms with E-state index in [0.717, 1.165) is 0 Å². The summed E-state index contributed by atoms with van der Waals surface area (Å²) in [5.74, 6) is -1.45. The largest absolute Gasteiger partial charge is 0.481 e. The molecule has 1 amide bonds. The Morgan fingerprint density at radius 3 is 2.52 bits per heavy atom. The van der Waals surface area contributed by atoms with Crippen LogP contribution in [0.5, 0.6) is 0 Å². The van der Waals surface area contributed by atoms with Crippen molar-refractivity contribution in [2.75, 3.05) is 25.5 Å². The molecule has 0 saturated heterocycles. The van der Waals surface area contributed by atoms with Crippen LogP contribution in [0.4, 0.5) is 5.69 Å². The Kier molecular flexibility index (Phi) is 6.37. The van der Waals surface area contributed by atoms with E-state index < -0.39 is 11.9 Å². The lowest BCUT2D eigenvalue weighted by molar-refractivity contribution is -0.141. The van der Waals surface area contributed by atoms with E-state index in [9.17, 15) is 9.59 Å². The summed E-state index contributed by atoms with van der Waals surface area (Å²) in [6.45, 7) is 2.52. The number of amides is 1. The van der Waals surface area contributed by atoms with Gasteiger partial charge in [0.1, 0.15) is 0 Å². The third-order valence-electron chi connectivity index (χ3n) is 3.03. The highest BCUT2D eigenvalue weighted by atomic mass is 16.4. The van der Waals surface area contributed by atoms with E-state index in [0.29, 0.717) is 24.3 Å². The summed E-state index contributed by atoms with van der Waals surface area (Å²) in [6, 6.07) is 8.62. The van der Waals surface area contributed by atoms with E-state index >= 15 is 0 Å². The highest BCUT2D eigenvalue weighted by Gasteiger charge is 2.14. The molecule has 112 valence electrons. The lowest BCUT2D eigenvalue weighted by atomic mass is 10.1. The molecule has 0 heterocycles. The minimum absolute atomic E-state index is 0.144. The number of benzene rings is 1. The van der Waals surface area contributed by atoms with Crippen molar-refractivity contribution in [3.63, 3.8) is 0 Å². The van der Waals surface area contributed by atoms with E-state index in [2.05, 4.69) is 5.32 Å². The summed E-state index contributed by atoms with van der Waals surface area (Å²) in [5.41, 5.74) is 1.18. The molecule has 0 radical (unpaired) electrons. The molecule has 0 spiro atoms. The molecule has 6 nitrogen and oxygen atoms in total. The zero-order valence-electron chi connectivity index (χ0n) is 12.2. The van der Waals surface area contributed by atoms with Crippen LogP contribution < -0.4 is 5.32 Å². The predicted molar refractivity (Wildman–Crippen MR) is 78.7 cm³/mol. The second-order valence-corrected chi connectivity index (χ2v) is 4.99. The molecular weight excluding hydrogens is 270 g/mol. The number of hydrogen-bond donors (Lipinski definition) is 2. The Morgan fingerprint density at radius 2 is 2.00 bits per heavy atom. The fourth-order valence-corrected chi connectivity index (χ4v) is 1.78. The lowest BCUT2D eigenvalue weighted by Crippen LogP contribution is -2.31. The fourth-order valence-electron chi connectivity index (χ4n) is 1.78. The van der Waals surface area contributed by atoms with E-state index in [-0.39, 0.29) is 12.3 Å². The molecule has 1 unspecified atom stereocenters. The molecule has 0 aliphatic carbocycles. The van der Waals surface area contributed by atoms with Crippen LogP contribution in [0.2, 0.25) is 0 Å². The Labute approximate surface area is 124 Å². The van der Waals surface area contributed by atoms with E-state index in [4.69, 9.17) is 10.4 Å². The van der Waals surface area contributed by atoms with Gasteiger partial charge in [-0.1, -0.05) is 6.92 Å². The number of hydrogen-bond acceptors (Lipinski definition) is 4. The zero-order valence-corrected chi connectivity index (χ0v) is 12.2. The van der Waals surface area contributed by atoms with Crippen LogP contribution in [-0.4, -0.2) is 42.0 Å². The second-order valence-electron chi connectivity index (χ2n) is 4.99. The molecule has 1 atom stereocenters. The fraction of sp³-hybridized carbons (Fsp3) is 0.400. The number of nitrogens with zero attached hydrogens (tertiary/aromatic N) is 2. The van der Waals surface area contributed by atoms with Crippen LogP contribution in [-0.2, 0) is 9.59 Å². The third kappa shape index (κ3) is 6.06. The van der Waals surface area contributed by atoms with Gasteiger partial charge in [-0.05, 0) is 31.3 Å². The molecule has 1 aromatic rings. The van der Waals surface area contributed by atoms with Gasteiger partial charge in [0.2, 0.25) is 5.91 Å². The minimum Gasteiger partial charge on any atom is -0.481 e. The van der Waals surface area contributed by atoms with Crippen LogP contribution in [0.3, 0.4) is 0 Å². The van der Waals surface area contributed by atoms with Gasteiger partial charge in [-0.3, -0.25) is 9.59 Å². The van der Waals surface area contributed by atoms with Crippen LogP contribution >= 0.6 is 0 Å². The average Bonchev–Trinajstić information content (AvgIpc) is 2.45. The number of anilines is 1. The molecule has 0 saturated carbocycles. The number of rotatable bonds is 7. The molecule has 2 N–H and O–H groups in total. The van der Waals surface area contributed by atoms with Gasteiger partial charge in [-0.15, -0.1) is 0 Å². The summed E-state index contributed by atoms with van der Waals surface area (Å²) >= 11 is 0. The second kappa shape index (κ2) is 8.02. The Hall–Kier alpha value is -2.39. The van der Waals surface area contributed by atoms with Gasteiger partial charge in [-0.2, -0.15) is 5.26 Å². The number of carboxylic acid groups (broad SMARTS) is 1. The molecule has 21 heavy (non-hydrogen) atoms. The first-order valence-electron chi connectivity index (χ1n) is 6.63. The standard InChI is InChI=1S/C15H19N3O3/c1-11(15(20)21)10-18(2)8-7-14(19)17-13-5-3-12(9-16)4-6-13/h3-6,11H,7-8,10H2,1-2H3,(H,17,19)(H,20,21). The number of carbonyl (C=O) groups excluding carboxylic acids is 1. The molecule has 1 aromatic carbocycles. The molecule has 0 aliphatic heterocycles. The first-order chi connectivity index (χ1) is 9.92. The molecule has 0 aromatic heterocycles. The molecule has 1 rings (SSSR count). The minimum atomic E-state index is -0.844. The van der Waals surface area contributed by atoms with Gasteiger partial charge in [-0.25, -0.2) is 0 Å². The van der Waals surface area contributed by atoms with Gasteiger partial charge in [0.05, 0.1) is 17.6 Å². The summed E-state index contributed by atoms with van der Waals surface area (Å²) in [4.78, 5) is 24.3. The first kappa shape index (κ1) is 16.7. The van der Waals surface area contributed by atoms with Gasteiger partial charge in [0, 0.05) is 25.2 Å². The van der Waals surface area contributed by atoms with Crippen molar-refractivity contribution in [1.82, 2.24) is 4.90 Å². The van der Waals surface area contributed by atoms with Crippen molar-refractivity contribution in [2.24, 2.45) is 5.92 Å². The maximum absolute atomic E-state index is 11.8. The molecule has 0 aliphatic rings. The number of carbonyl (C=O) groups is 2. The van der Waals surface area contributed by atoms with Crippen molar-refractivity contribution >= 4 is 17.6 Å². The van der Waals surface area contributed by atoms with E-state index in [1.165, 1.54) is 0 Å². The SMILES string of the molecule is CC(CN(C)CCC(=O)Nc1ccc(C#N)cc1)C(=O)O. The predicted octanol–water partition coefficient (Wildman–Crippen LogP) is 1.54. The van der Waals surface area contributed by atoms with Gasteiger partial charge in [0.15, 0.2) is 0 Å². The normalized spacial score (nSPS) is 11.7. The van der Waals surface area contributed by atoms with E-state index in [1.54, 1.807) is 38.2 Å². The van der Waals surface area contributed by atoms with Gasteiger partial charge in [0.25, 0.3) is 0 Å². The maximum atomic E-state index is 11.8. The van der Waals surface area contributed by atoms with Crippen LogP contribution in [0.1, 0.15) is 18.9 Å². The van der Waals surface area contributed by atoms with Gasteiger partial charge >= 0.3 is 5.97 Å². The van der Waals surface area contributed by atoms with Crippen molar-refractivity contribution in [3.05, 3.63) is 29.8 Å². The van der Waals surface area contributed by atoms with Gasteiger partial charge < -0.3 is 15.3 Å². The summed E-state index contributed by atoms with van der Waals surface area (Å²) < 4.78 is 0. The Bertz CT molecular complexity index is 534. The Balaban J connectivity index is 2.36. The maximum Gasteiger partial charge on any atom is 0.307 e. The topological polar surface area (TPSA) is 93.4 Å². The van der Waals surface area contributed by atoms with Crippen LogP contribution in [0.25, 0.3) is 0 Å². The third-order valence-corrected chi connectivity index (χ3v) is 3.03. The summed E-state index contributed by atoms with van der Waals surface area (Å²) in [5, 5.41) is 20.2. The number of nitriles is 1. The first-order valence-corrected chi connectivity index (χ1v) is 6.63. The van der Waals surface area contributed by atoms with Crippen LogP contribution in [0, 0.1) is 17.2 Å². The van der Waals surface area contributed by atoms with Crippen molar-refractivity contribution < 1.29 is 14.7 Å². The Morgan fingerprint density at radius 1 is 1.38 bits per heavy atom. The van der Waals surface area contributed by atoms with Crippen molar-refractivity contribution in [3.8, 4) is 6.07 Å². The molecule has 0 bridgehead atoms. The van der Waals surface area contributed by atoms with Crippen LogP contribution in [0.15, 0.2) is 24.3 Å². The molecule has 0 fully saturated rings. The summed E-state index contributed by atoms with van der Waals surface area (Å²) in [7, 11) is 1.79. The molecule has 6 heteroatoms. The number of carboxylic acids is 1. The van der Waals surface area contributed by atoms with Crippen molar-refractivity contribution in [2.45, 2.75) is 13.3 Å². The zero-order chi connectivity index (χ0) is 15.8. The lowest BCUT2D eigenvalue weighted by Gasteiger charge is -2.18. The van der Waals surface area contributed by atoms with E-state index in [1.807, 2.05) is 11.0 Å². The highest BCUT2D eigenvalue weighted by molar-refractivity contribution is 5.90. The number of aliphatic carboxylic acids is 1. The highest BCUT2D eigenvalue weighted by Crippen LogP contribution is 2.09. The average molecular weight is 289 g/mol. The van der Waals surface area contributed by atoms with Crippen molar-refractivity contribution in [1.29, 1.82) is 5.26 Å². The smallest absolute Gasteiger partial charge is 0.307 e. The number of nitrogens with one attached hydrogen (secondary N) is 1.